The van der Waals surface area contributed by atoms with Crippen molar-refractivity contribution in [2.24, 2.45) is 0 Å². The molecular weight excluding hydrogens is 442 g/mol. The first-order valence-electron chi connectivity index (χ1n) is 7.13. The van der Waals surface area contributed by atoms with Crippen molar-refractivity contribution in [3.05, 3.63) is 0 Å². The SMILES string of the molecule is C[Si](C)(C)C[As](C)(I)(C[Si](C)(C)C)C[Si](C)(C)C. The molecule has 18 heavy (non-hydrogen) atoms. The van der Waals surface area contributed by atoms with E-state index in [9.17, 15) is 0 Å². The van der Waals surface area contributed by atoms with Crippen molar-refractivity contribution >= 4 is 53.5 Å². The van der Waals surface area contributed by atoms with Gasteiger partial charge in [-0.2, -0.15) is 0 Å². The number of hydrogen-bond donors (Lipinski definition) is 0. The summed E-state index contributed by atoms with van der Waals surface area (Å²) in [5.41, 5.74) is 2.79. The monoisotopic (exact) mass is 478 g/mol. The summed E-state index contributed by atoms with van der Waals surface area (Å²) in [5.74, 6) is 0. The van der Waals surface area contributed by atoms with Gasteiger partial charge in [0.25, 0.3) is 0 Å². The molecule has 0 rings (SSSR count). The molecule has 0 saturated heterocycles. The molecule has 0 spiro atoms. The number of hydrogen-bond acceptors (Lipinski definition) is 0. The predicted octanol–water partition coefficient (Wildman–Crippen LogP) is 6.58. The van der Waals surface area contributed by atoms with Gasteiger partial charge in [-0.05, 0) is 0 Å². The molecule has 0 fully saturated rings. The molecule has 0 unspecified atom stereocenters. The average molecular weight is 479 g/mol. The van der Waals surface area contributed by atoms with E-state index >= 15 is 0 Å². The first-order chi connectivity index (χ1) is 7.40. The fourth-order valence-corrected chi connectivity index (χ4v) is 118. The fourth-order valence-electron chi connectivity index (χ4n) is 4.14. The second kappa shape index (κ2) is 5.62. The Labute approximate surface area is 131 Å². The Morgan fingerprint density at radius 3 is 0.889 bits per heavy atom. The average Bonchev–Trinajstić information content (AvgIpc) is 1.62. The van der Waals surface area contributed by atoms with E-state index in [-0.39, 0.29) is 0 Å². The van der Waals surface area contributed by atoms with E-state index in [1.54, 1.807) is 14.5 Å². The standard InChI is InChI=1S/C13H36AsISi3/c1-14(15,11-16(2,3)4,12-17(5,6)7)13-18(8,9)10/h11-13H2,1-10H3. The molecule has 0 atom stereocenters. The van der Waals surface area contributed by atoms with Gasteiger partial charge in [0.05, 0.1) is 0 Å². The molecule has 112 valence electrons. The molecular formula is C13H36AsISi3. The quantitative estimate of drug-likeness (QED) is 0.299. The Kier molecular flexibility index (Phi) is 6.22. The van der Waals surface area contributed by atoms with E-state index < -0.39 is 33.3 Å². The van der Waals surface area contributed by atoms with Crippen LogP contribution in [-0.2, 0) is 0 Å². The van der Waals surface area contributed by atoms with Gasteiger partial charge in [0.1, 0.15) is 0 Å². The Morgan fingerprint density at radius 1 is 0.611 bits per heavy atom. The van der Waals surface area contributed by atoms with E-state index in [2.05, 4.69) is 84.8 Å². The number of rotatable bonds is 6. The van der Waals surface area contributed by atoms with E-state index in [4.69, 9.17) is 0 Å². The van der Waals surface area contributed by atoms with Crippen molar-refractivity contribution in [3.8, 4) is 0 Å². The molecule has 0 radical (unpaired) electrons. The Bertz CT molecular complexity index is 247. The molecule has 0 aromatic carbocycles. The van der Waals surface area contributed by atoms with Crippen LogP contribution in [0.15, 0.2) is 0 Å². The van der Waals surface area contributed by atoms with Crippen LogP contribution in [0, 0.1) is 0 Å². The maximum absolute atomic E-state index is 3.07. The van der Waals surface area contributed by atoms with Crippen LogP contribution < -0.4 is 0 Å². The molecule has 0 nitrogen and oxygen atoms in total. The third-order valence-corrected chi connectivity index (χ3v) is 58.8. The molecule has 0 N–H and O–H groups in total. The van der Waals surface area contributed by atoms with Crippen LogP contribution in [0.4, 0.5) is 0 Å². The van der Waals surface area contributed by atoms with Crippen molar-refractivity contribution in [2.45, 2.75) is 79.1 Å². The van der Waals surface area contributed by atoms with Crippen LogP contribution in [-0.4, -0.2) is 33.3 Å². The molecule has 5 heteroatoms. The van der Waals surface area contributed by atoms with E-state index in [1.165, 1.54) is 0 Å². The summed E-state index contributed by atoms with van der Waals surface area (Å²) < 4.78 is 0. The molecule has 0 aromatic rings. The summed E-state index contributed by atoms with van der Waals surface area (Å²) in [5, 5.41) is 0. The van der Waals surface area contributed by atoms with Crippen molar-refractivity contribution in [1.29, 1.82) is 0 Å². The third-order valence-electron chi connectivity index (χ3n) is 2.75. The van der Waals surface area contributed by atoms with Crippen LogP contribution in [0.5, 0.6) is 0 Å². The molecule has 0 aliphatic heterocycles. The summed E-state index contributed by atoms with van der Waals surface area (Å²) in [6.07, 6.45) is 0. The van der Waals surface area contributed by atoms with E-state index in [1.807, 2.05) is 0 Å². The Hall–Kier alpha value is 1.94. The van der Waals surface area contributed by atoms with Crippen LogP contribution in [0.25, 0.3) is 0 Å². The van der Waals surface area contributed by atoms with Crippen molar-refractivity contribution in [3.63, 3.8) is 0 Å². The predicted molar refractivity (Wildman–Crippen MR) is 110 cm³/mol. The summed E-state index contributed by atoms with van der Waals surface area (Å²) in [7, 11) is -4.94. The Morgan fingerprint density at radius 2 is 0.778 bits per heavy atom. The van der Waals surface area contributed by atoms with Crippen molar-refractivity contribution in [2.75, 3.05) is 0 Å². The van der Waals surface area contributed by atoms with Gasteiger partial charge in [-0.3, -0.25) is 0 Å². The topological polar surface area (TPSA) is 0 Å². The molecule has 0 amide bonds. The molecule has 0 aliphatic carbocycles. The van der Waals surface area contributed by atoms with E-state index in [0.717, 1.165) is 0 Å². The van der Waals surface area contributed by atoms with Crippen LogP contribution in [0.3, 0.4) is 0 Å². The maximum atomic E-state index is 3.07. The van der Waals surface area contributed by atoms with Gasteiger partial charge in [-0.15, -0.1) is 0 Å². The summed E-state index contributed by atoms with van der Waals surface area (Å²) >= 11 is 3.07. The second-order valence-electron chi connectivity index (χ2n) is 10.3. The molecule has 0 aliphatic rings. The zero-order chi connectivity index (χ0) is 15.1. The second-order valence-corrected chi connectivity index (χ2v) is 57.2. The molecule has 0 bridgehead atoms. The van der Waals surface area contributed by atoms with Crippen LogP contribution in [0.1, 0.15) is 0 Å². The minimum atomic E-state index is -2.10. The zero-order valence-corrected chi connectivity index (χ0v) is 21.5. The fraction of sp³-hybridized carbons (Fsp3) is 1.00. The summed E-state index contributed by atoms with van der Waals surface area (Å²) in [4.78, 5) is 4.96. The van der Waals surface area contributed by atoms with Gasteiger partial charge in [0, 0.05) is 0 Å². The summed E-state index contributed by atoms with van der Waals surface area (Å²) in [6.45, 7) is 23.3. The van der Waals surface area contributed by atoms with Crippen molar-refractivity contribution in [1.82, 2.24) is 0 Å². The van der Waals surface area contributed by atoms with E-state index in [0.29, 0.717) is 0 Å². The van der Waals surface area contributed by atoms with Gasteiger partial charge in [0.15, 0.2) is 0 Å². The van der Waals surface area contributed by atoms with Crippen molar-refractivity contribution < 1.29 is 0 Å². The summed E-state index contributed by atoms with van der Waals surface area (Å²) in [6, 6.07) is 0. The molecule has 0 saturated carbocycles. The minimum absolute atomic E-state index is 0.948. The van der Waals surface area contributed by atoms with Gasteiger partial charge in [-0.1, -0.05) is 0 Å². The normalized spacial score (nSPS) is 17.4. The third kappa shape index (κ3) is 9.78. The first kappa shape index (κ1) is 19.9. The first-order valence-corrected chi connectivity index (χ1v) is 29.8. The van der Waals surface area contributed by atoms with Gasteiger partial charge in [-0.25, -0.2) is 0 Å². The van der Waals surface area contributed by atoms with Gasteiger partial charge < -0.3 is 0 Å². The zero-order valence-electron chi connectivity index (χ0n) is 14.4. The molecule has 0 heterocycles. The van der Waals surface area contributed by atoms with Gasteiger partial charge >= 0.3 is 133 Å². The Balaban J connectivity index is 5.38. The van der Waals surface area contributed by atoms with Gasteiger partial charge in [0.2, 0.25) is 0 Å². The van der Waals surface area contributed by atoms with Crippen LogP contribution in [0.2, 0.25) is 79.1 Å². The van der Waals surface area contributed by atoms with Crippen LogP contribution >= 0.6 is 20.1 Å². The number of halogens is 1. The molecule has 0 aromatic heterocycles.